The monoisotopic (exact) mass is 286 g/mol. The zero-order chi connectivity index (χ0) is 15.2. The number of primary amides is 2. The van der Waals surface area contributed by atoms with Crippen LogP contribution in [-0.2, 0) is 15.0 Å². The Labute approximate surface area is 122 Å². The number of allylic oxidation sites excluding steroid dienone is 2. The van der Waals surface area contributed by atoms with E-state index in [9.17, 15) is 9.59 Å². The third kappa shape index (κ3) is 1.70. The first-order valence-electron chi connectivity index (χ1n) is 6.94. The van der Waals surface area contributed by atoms with Crippen LogP contribution >= 0.6 is 0 Å². The number of carbonyl (C=O) groups is 2. The van der Waals surface area contributed by atoms with Crippen LogP contribution in [0.5, 0.6) is 5.75 Å². The van der Waals surface area contributed by atoms with Crippen LogP contribution in [0.25, 0.3) is 0 Å². The Balaban J connectivity index is 2.22. The zero-order valence-corrected chi connectivity index (χ0v) is 11.8. The lowest BCUT2D eigenvalue weighted by molar-refractivity contribution is -0.134. The van der Waals surface area contributed by atoms with Gasteiger partial charge >= 0.3 is 0 Å². The number of fused-ring (bicyclic) bond motifs is 2. The fourth-order valence-electron chi connectivity index (χ4n) is 4.07. The van der Waals surface area contributed by atoms with E-state index in [2.05, 4.69) is 0 Å². The average molecular weight is 286 g/mol. The third-order valence-electron chi connectivity index (χ3n) is 4.88. The lowest BCUT2D eigenvalue weighted by Gasteiger charge is -2.38. The van der Waals surface area contributed by atoms with Crippen molar-refractivity contribution in [2.75, 3.05) is 7.11 Å². The van der Waals surface area contributed by atoms with Gasteiger partial charge in [0.1, 0.15) is 5.75 Å². The number of amides is 2. The van der Waals surface area contributed by atoms with Gasteiger partial charge in [-0.2, -0.15) is 0 Å². The van der Waals surface area contributed by atoms with E-state index in [4.69, 9.17) is 16.2 Å². The second kappa shape index (κ2) is 4.62. The highest BCUT2D eigenvalue weighted by molar-refractivity contribution is 5.96. The number of hydrogen-bond acceptors (Lipinski definition) is 3. The molecule has 1 saturated carbocycles. The van der Waals surface area contributed by atoms with Gasteiger partial charge in [-0.3, -0.25) is 9.59 Å². The van der Waals surface area contributed by atoms with Gasteiger partial charge in [0.2, 0.25) is 11.8 Å². The molecule has 2 amide bonds. The summed E-state index contributed by atoms with van der Waals surface area (Å²) < 4.78 is 5.23. The van der Waals surface area contributed by atoms with E-state index in [1.54, 1.807) is 25.3 Å². The van der Waals surface area contributed by atoms with Crippen LogP contribution in [0.4, 0.5) is 0 Å². The number of methoxy groups -OCH3 is 1. The second-order valence-electron chi connectivity index (χ2n) is 5.74. The molecule has 0 aromatic heterocycles. The van der Waals surface area contributed by atoms with Crippen molar-refractivity contribution in [3.05, 3.63) is 42.0 Å². The molecule has 1 aromatic rings. The Hall–Kier alpha value is -2.30. The standard InChI is InChI=1S/C16H18N2O3/c1-21-12-4-2-3-10(8-12)16(15(18)20)11-6-5-9(7-11)13(16)14(17)19/h2-6,8-9,11,13H,7H2,1H3,(H2,17,19)(H2,18,20). The second-order valence-corrected chi connectivity index (χ2v) is 5.74. The van der Waals surface area contributed by atoms with Crippen molar-refractivity contribution in [1.82, 2.24) is 0 Å². The summed E-state index contributed by atoms with van der Waals surface area (Å²) in [6.45, 7) is 0. The van der Waals surface area contributed by atoms with E-state index in [1.807, 2.05) is 18.2 Å². The summed E-state index contributed by atoms with van der Waals surface area (Å²) in [7, 11) is 1.56. The number of benzene rings is 1. The minimum atomic E-state index is -1.07. The number of carbonyl (C=O) groups excluding carboxylic acids is 2. The highest BCUT2D eigenvalue weighted by Gasteiger charge is 2.62. The van der Waals surface area contributed by atoms with Crippen molar-refractivity contribution in [2.45, 2.75) is 11.8 Å². The summed E-state index contributed by atoms with van der Waals surface area (Å²) in [5.74, 6) is -1.07. The van der Waals surface area contributed by atoms with Gasteiger partial charge < -0.3 is 16.2 Å². The predicted molar refractivity (Wildman–Crippen MR) is 77.3 cm³/mol. The van der Waals surface area contributed by atoms with Crippen LogP contribution in [-0.4, -0.2) is 18.9 Å². The molecule has 2 aliphatic rings. The maximum absolute atomic E-state index is 12.4. The minimum Gasteiger partial charge on any atom is -0.497 e. The summed E-state index contributed by atoms with van der Waals surface area (Å²) >= 11 is 0. The number of nitrogens with two attached hydrogens (primary N) is 2. The van der Waals surface area contributed by atoms with Crippen LogP contribution in [0.15, 0.2) is 36.4 Å². The zero-order valence-electron chi connectivity index (χ0n) is 11.8. The van der Waals surface area contributed by atoms with Gasteiger partial charge in [0.15, 0.2) is 0 Å². The van der Waals surface area contributed by atoms with E-state index in [1.165, 1.54) is 0 Å². The molecule has 0 saturated heterocycles. The summed E-state index contributed by atoms with van der Waals surface area (Å²) in [4.78, 5) is 24.4. The van der Waals surface area contributed by atoms with E-state index in [0.29, 0.717) is 11.3 Å². The van der Waals surface area contributed by atoms with Gasteiger partial charge in [0.25, 0.3) is 0 Å². The van der Waals surface area contributed by atoms with Crippen molar-refractivity contribution in [3.8, 4) is 5.75 Å². The maximum atomic E-state index is 12.4. The third-order valence-corrected chi connectivity index (χ3v) is 4.88. The van der Waals surface area contributed by atoms with Crippen LogP contribution in [0.3, 0.4) is 0 Å². The largest absolute Gasteiger partial charge is 0.497 e. The van der Waals surface area contributed by atoms with Crippen molar-refractivity contribution in [2.24, 2.45) is 29.2 Å². The molecule has 21 heavy (non-hydrogen) atoms. The topological polar surface area (TPSA) is 95.4 Å². The Kier molecular flexibility index (Phi) is 3.01. The SMILES string of the molecule is COc1cccc(C2(C(N)=O)C3C=CC(C3)C2C(N)=O)c1. The molecule has 0 aliphatic heterocycles. The molecule has 5 heteroatoms. The highest BCUT2D eigenvalue weighted by Crippen LogP contribution is 2.57. The van der Waals surface area contributed by atoms with E-state index in [-0.39, 0.29) is 11.8 Å². The molecule has 2 bridgehead atoms. The molecule has 3 rings (SSSR count). The Morgan fingerprint density at radius 2 is 2.05 bits per heavy atom. The first kappa shape index (κ1) is 13.7. The lowest BCUT2D eigenvalue weighted by Crippen LogP contribution is -2.54. The number of hydrogen-bond donors (Lipinski definition) is 2. The molecule has 4 N–H and O–H groups in total. The van der Waals surface area contributed by atoms with Gasteiger partial charge in [-0.15, -0.1) is 0 Å². The maximum Gasteiger partial charge on any atom is 0.229 e. The van der Waals surface area contributed by atoms with Gasteiger partial charge in [-0.25, -0.2) is 0 Å². The average Bonchev–Trinajstić information content (AvgIpc) is 3.06. The summed E-state index contributed by atoms with van der Waals surface area (Å²) in [6, 6.07) is 7.18. The molecule has 0 heterocycles. The Bertz CT molecular complexity index is 640. The molecular weight excluding hydrogens is 268 g/mol. The van der Waals surface area contributed by atoms with E-state index < -0.39 is 23.1 Å². The van der Waals surface area contributed by atoms with Gasteiger partial charge in [0, 0.05) is 0 Å². The molecule has 0 spiro atoms. The molecule has 4 atom stereocenters. The van der Waals surface area contributed by atoms with E-state index in [0.717, 1.165) is 6.42 Å². The number of rotatable bonds is 4. The van der Waals surface area contributed by atoms with E-state index >= 15 is 0 Å². The lowest BCUT2D eigenvalue weighted by atomic mass is 9.63. The van der Waals surface area contributed by atoms with Gasteiger partial charge in [-0.05, 0) is 36.0 Å². The number of ether oxygens (including phenoxy) is 1. The fraction of sp³-hybridized carbons (Fsp3) is 0.375. The van der Waals surface area contributed by atoms with Gasteiger partial charge in [0.05, 0.1) is 18.4 Å². The molecule has 0 radical (unpaired) electrons. The molecule has 1 fully saturated rings. The molecular formula is C16H18N2O3. The van der Waals surface area contributed by atoms with Crippen molar-refractivity contribution in [1.29, 1.82) is 0 Å². The van der Waals surface area contributed by atoms with Gasteiger partial charge in [-0.1, -0.05) is 24.3 Å². The minimum absolute atomic E-state index is 0.0220. The molecule has 110 valence electrons. The quantitative estimate of drug-likeness (QED) is 0.798. The van der Waals surface area contributed by atoms with Crippen LogP contribution < -0.4 is 16.2 Å². The first-order valence-corrected chi connectivity index (χ1v) is 6.94. The molecule has 2 aliphatic carbocycles. The van der Waals surface area contributed by atoms with Crippen LogP contribution in [0.2, 0.25) is 0 Å². The highest BCUT2D eigenvalue weighted by atomic mass is 16.5. The summed E-state index contributed by atoms with van der Waals surface area (Å²) in [6.07, 6.45) is 4.68. The first-order chi connectivity index (χ1) is 10.0. The van der Waals surface area contributed by atoms with Crippen molar-refractivity contribution >= 4 is 11.8 Å². The molecule has 4 unspecified atom stereocenters. The van der Waals surface area contributed by atoms with Crippen molar-refractivity contribution < 1.29 is 14.3 Å². The normalized spacial score (nSPS) is 33.1. The Morgan fingerprint density at radius 1 is 1.29 bits per heavy atom. The summed E-state index contributed by atoms with van der Waals surface area (Å²) in [5.41, 5.74) is 11.0. The summed E-state index contributed by atoms with van der Waals surface area (Å²) in [5, 5.41) is 0. The van der Waals surface area contributed by atoms with Crippen LogP contribution in [0, 0.1) is 17.8 Å². The Morgan fingerprint density at radius 3 is 2.67 bits per heavy atom. The van der Waals surface area contributed by atoms with Crippen molar-refractivity contribution in [3.63, 3.8) is 0 Å². The predicted octanol–water partition coefficient (Wildman–Crippen LogP) is 0.726. The molecule has 5 nitrogen and oxygen atoms in total. The van der Waals surface area contributed by atoms with Crippen LogP contribution in [0.1, 0.15) is 12.0 Å². The fourth-order valence-corrected chi connectivity index (χ4v) is 4.07. The smallest absolute Gasteiger partial charge is 0.229 e. The molecule has 1 aromatic carbocycles.